The van der Waals surface area contributed by atoms with Crippen molar-refractivity contribution in [1.82, 2.24) is 4.90 Å². The average molecular weight is 267 g/mol. The Morgan fingerprint density at radius 1 is 1.44 bits per heavy atom. The molecule has 0 unspecified atom stereocenters. The van der Waals surface area contributed by atoms with E-state index in [1.54, 1.807) is 12.1 Å². The monoisotopic (exact) mass is 267 g/mol. The Kier molecular flexibility index (Phi) is 5.51. The minimum atomic E-state index is -0.421. The number of rotatable bonds is 5. The van der Waals surface area contributed by atoms with Crippen LogP contribution in [0.2, 0.25) is 0 Å². The quantitative estimate of drug-likeness (QED) is 0.505. The fraction of sp³-hybridized carbons (Fsp3) is 0.417. The minimum Gasteiger partial charge on any atom is -0.352 e. The number of anilines is 1. The van der Waals surface area contributed by atoms with Gasteiger partial charge in [-0.1, -0.05) is 13.3 Å². The summed E-state index contributed by atoms with van der Waals surface area (Å²) in [6, 6.07) is 6.21. The van der Waals surface area contributed by atoms with Gasteiger partial charge in [0.2, 0.25) is 0 Å². The minimum absolute atomic E-state index is 0.0748. The van der Waals surface area contributed by atoms with E-state index in [0.717, 1.165) is 25.1 Å². The van der Waals surface area contributed by atoms with E-state index in [2.05, 4.69) is 12.2 Å². The maximum Gasteiger partial charge on any atom is 0.269 e. The molecule has 1 N–H and O–H groups in total. The van der Waals surface area contributed by atoms with Gasteiger partial charge in [-0.05, 0) is 30.8 Å². The molecule has 0 radical (unpaired) electrons. The Morgan fingerprint density at radius 2 is 2.06 bits per heavy atom. The number of nitro benzene ring substituents is 1. The van der Waals surface area contributed by atoms with E-state index in [-0.39, 0.29) is 5.69 Å². The molecule has 18 heavy (non-hydrogen) atoms. The zero-order valence-corrected chi connectivity index (χ0v) is 11.4. The smallest absolute Gasteiger partial charge is 0.269 e. The Morgan fingerprint density at radius 3 is 2.56 bits per heavy atom. The Balaban J connectivity index is 2.56. The van der Waals surface area contributed by atoms with Crippen LogP contribution in [0.4, 0.5) is 11.4 Å². The van der Waals surface area contributed by atoms with Gasteiger partial charge in [0.25, 0.3) is 5.69 Å². The number of benzene rings is 1. The van der Waals surface area contributed by atoms with E-state index >= 15 is 0 Å². The summed E-state index contributed by atoms with van der Waals surface area (Å²) < 4.78 is 0. The third-order valence-electron chi connectivity index (χ3n) is 2.52. The van der Waals surface area contributed by atoms with Crippen LogP contribution >= 0.6 is 12.2 Å². The van der Waals surface area contributed by atoms with E-state index in [9.17, 15) is 10.1 Å². The summed E-state index contributed by atoms with van der Waals surface area (Å²) >= 11 is 5.24. The van der Waals surface area contributed by atoms with Crippen LogP contribution in [-0.4, -0.2) is 28.5 Å². The van der Waals surface area contributed by atoms with Crippen LogP contribution in [0.25, 0.3) is 0 Å². The van der Waals surface area contributed by atoms with Crippen LogP contribution in [0.1, 0.15) is 19.8 Å². The third kappa shape index (κ3) is 4.29. The first-order valence-electron chi connectivity index (χ1n) is 5.81. The van der Waals surface area contributed by atoms with Crippen molar-refractivity contribution in [3.05, 3.63) is 34.4 Å². The van der Waals surface area contributed by atoms with Gasteiger partial charge in [0.05, 0.1) is 4.92 Å². The zero-order chi connectivity index (χ0) is 13.5. The van der Waals surface area contributed by atoms with Crippen molar-refractivity contribution in [3.63, 3.8) is 0 Å². The Bertz CT molecular complexity index is 420. The fourth-order valence-corrected chi connectivity index (χ4v) is 1.59. The molecule has 0 aromatic heterocycles. The van der Waals surface area contributed by atoms with Gasteiger partial charge in [0.15, 0.2) is 5.11 Å². The number of nitrogens with one attached hydrogen (secondary N) is 1. The molecular formula is C12H17N3O2S. The van der Waals surface area contributed by atoms with Crippen molar-refractivity contribution < 1.29 is 4.92 Å². The lowest BCUT2D eigenvalue weighted by Gasteiger charge is -2.20. The molecule has 0 aliphatic heterocycles. The van der Waals surface area contributed by atoms with E-state index in [4.69, 9.17) is 12.2 Å². The van der Waals surface area contributed by atoms with E-state index in [1.807, 2.05) is 11.9 Å². The summed E-state index contributed by atoms with van der Waals surface area (Å²) in [5.41, 5.74) is 0.833. The standard InChI is InChI=1S/C12H17N3O2S/c1-3-4-9-14(2)12(18)13-10-5-7-11(8-6-10)15(16)17/h5-8H,3-4,9H2,1-2H3,(H,13,18). The third-order valence-corrected chi connectivity index (χ3v) is 2.94. The highest BCUT2D eigenvalue weighted by atomic mass is 32.1. The van der Waals surface area contributed by atoms with Crippen LogP contribution in [0.15, 0.2) is 24.3 Å². The highest BCUT2D eigenvalue weighted by Crippen LogP contribution is 2.15. The molecule has 6 heteroatoms. The van der Waals surface area contributed by atoms with Gasteiger partial charge in [0, 0.05) is 31.4 Å². The van der Waals surface area contributed by atoms with Gasteiger partial charge in [-0.3, -0.25) is 10.1 Å². The molecule has 98 valence electrons. The van der Waals surface area contributed by atoms with E-state index in [1.165, 1.54) is 12.1 Å². The topological polar surface area (TPSA) is 58.4 Å². The lowest BCUT2D eigenvalue weighted by molar-refractivity contribution is -0.384. The first-order valence-corrected chi connectivity index (χ1v) is 6.22. The number of non-ortho nitro benzene ring substituents is 1. The van der Waals surface area contributed by atoms with E-state index < -0.39 is 4.92 Å². The van der Waals surface area contributed by atoms with Crippen LogP contribution in [0, 0.1) is 10.1 Å². The summed E-state index contributed by atoms with van der Waals surface area (Å²) in [5, 5.41) is 14.2. The van der Waals surface area contributed by atoms with Crippen LogP contribution < -0.4 is 5.32 Å². The van der Waals surface area contributed by atoms with Gasteiger partial charge in [-0.2, -0.15) is 0 Å². The van der Waals surface area contributed by atoms with Crippen LogP contribution in [-0.2, 0) is 0 Å². The number of hydrogen-bond acceptors (Lipinski definition) is 3. The molecule has 1 aromatic carbocycles. The van der Waals surface area contributed by atoms with Crippen molar-refractivity contribution in [2.75, 3.05) is 18.9 Å². The van der Waals surface area contributed by atoms with Gasteiger partial charge in [0.1, 0.15) is 0 Å². The second-order valence-corrected chi connectivity index (χ2v) is 4.40. The zero-order valence-electron chi connectivity index (χ0n) is 10.5. The Labute approximate surface area is 112 Å². The van der Waals surface area contributed by atoms with Crippen molar-refractivity contribution in [2.45, 2.75) is 19.8 Å². The summed E-state index contributed by atoms with van der Waals surface area (Å²) in [6.07, 6.45) is 2.20. The Hall–Kier alpha value is -1.69. The lowest BCUT2D eigenvalue weighted by atomic mass is 10.3. The summed E-state index contributed by atoms with van der Waals surface area (Å²) in [4.78, 5) is 12.0. The average Bonchev–Trinajstić information content (AvgIpc) is 2.36. The second-order valence-electron chi connectivity index (χ2n) is 4.01. The SMILES string of the molecule is CCCCN(C)C(=S)Nc1ccc([N+](=O)[O-])cc1. The van der Waals surface area contributed by atoms with Crippen molar-refractivity contribution in [3.8, 4) is 0 Å². The van der Waals surface area contributed by atoms with Gasteiger partial charge >= 0.3 is 0 Å². The second kappa shape index (κ2) is 6.90. The molecule has 0 spiro atoms. The van der Waals surface area contributed by atoms with Crippen molar-refractivity contribution in [1.29, 1.82) is 0 Å². The molecule has 0 atom stereocenters. The normalized spacial score (nSPS) is 9.89. The fourth-order valence-electron chi connectivity index (χ4n) is 1.38. The number of nitro groups is 1. The number of hydrogen-bond donors (Lipinski definition) is 1. The lowest BCUT2D eigenvalue weighted by Crippen LogP contribution is -2.31. The maximum atomic E-state index is 10.5. The summed E-state index contributed by atoms with van der Waals surface area (Å²) in [5.74, 6) is 0. The van der Waals surface area contributed by atoms with Crippen molar-refractivity contribution in [2.24, 2.45) is 0 Å². The largest absolute Gasteiger partial charge is 0.352 e. The maximum absolute atomic E-state index is 10.5. The summed E-state index contributed by atoms with van der Waals surface area (Å²) in [6.45, 7) is 3.02. The summed E-state index contributed by atoms with van der Waals surface area (Å²) in [7, 11) is 1.93. The number of thiocarbonyl (C=S) groups is 1. The molecular weight excluding hydrogens is 250 g/mol. The highest BCUT2D eigenvalue weighted by molar-refractivity contribution is 7.80. The van der Waals surface area contributed by atoms with E-state index in [0.29, 0.717) is 5.11 Å². The molecule has 0 saturated heterocycles. The van der Waals surface area contributed by atoms with Crippen LogP contribution in [0.5, 0.6) is 0 Å². The molecule has 5 nitrogen and oxygen atoms in total. The molecule has 0 aliphatic rings. The van der Waals surface area contributed by atoms with Gasteiger partial charge < -0.3 is 10.2 Å². The molecule has 1 rings (SSSR count). The van der Waals surface area contributed by atoms with Gasteiger partial charge in [-0.25, -0.2) is 0 Å². The number of nitrogens with zero attached hydrogens (tertiary/aromatic N) is 2. The molecule has 0 heterocycles. The predicted molar refractivity (Wildman–Crippen MR) is 76.9 cm³/mol. The molecule has 0 aliphatic carbocycles. The predicted octanol–water partition coefficient (Wildman–Crippen LogP) is 3.02. The molecule has 0 amide bonds. The number of unbranched alkanes of at least 4 members (excludes halogenated alkanes) is 1. The van der Waals surface area contributed by atoms with Crippen LogP contribution in [0.3, 0.4) is 0 Å². The van der Waals surface area contributed by atoms with Crippen molar-refractivity contribution >= 4 is 28.7 Å². The molecule has 0 bridgehead atoms. The first kappa shape index (κ1) is 14.4. The molecule has 1 aromatic rings. The molecule has 0 fully saturated rings. The molecule has 0 saturated carbocycles. The first-order chi connectivity index (χ1) is 8.54. The highest BCUT2D eigenvalue weighted by Gasteiger charge is 2.06. The van der Waals surface area contributed by atoms with Gasteiger partial charge in [-0.15, -0.1) is 0 Å².